The molecule has 86 valence electrons. The molecular weight excluding hydrogens is 211 g/mol. The first-order valence-electron chi connectivity index (χ1n) is 4.43. The van der Waals surface area contributed by atoms with E-state index in [1.807, 2.05) is 0 Å². The largest absolute Gasteiger partial charge is 0.468 e. The number of alkyl halides is 3. The van der Waals surface area contributed by atoms with Crippen molar-refractivity contribution in [2.24, 2.45) is 0 Å². The Morgan fingerprint density at radius 1 is 1.53 bits per heavy atom. The standard InChI is InChI=1S/C9H12F3NO2/c1-6(7-3-2-4-15-7)13-5-8(14)9(10,11)12/h2-4,6,8,13-14H,5H2,1H3/t6-,8?/m0/s1. The summed E-state index contributed by atoms with van der Waals surface area (Å²) in [4.78, 5) is 0. The van der Waals surface area contributed by atoms with Gasteiger partial charge in [0.2, 0.25) is 0 Å². The van der Waals surface area contributed by atoms with Crippen molar-refractivity contribution >= 4 is 0 Å². The first-order chi connectivity index (χ1) is 6.91. The summed E-state index contributed by atoms with van der Waals surface area (Å²) in [7, 11) is 0. The average Bonchev–Trinajstić information content (AvgIpc) is 2.64. The molecule has 2 atom stereocenters. The van der Waals surface area contributed by atoms with Crippen LogP contribution in [-0.2, 0) is 0 Å². The first-order valence-corrected chi connectivity index (χ1v) is 4.43. The molecule has 1 heterocycles. The third-order valence-corrected chi connectivity index (χ3v) is 1.97. The normalized spacial score (nSPS) is 16.3. The van der Waals surface area contributed by atoms with E-state index in [-0.39, 0.29) is 6.04 Å². The van der Waals surface area contributed by atoms with Gasteiger partial charge in [0.1, 0.15) is 5.76 Å². The van der Waals surface area contributed by atoms with Crippen molar-refractivity contribution in [2.75, 3.05) is 6.54 Å². The summed E-state index contributed by atoms with van der Waals surface area (Å²) in [6.07, 6.45) is -5.50. The quantitative estimate of drug-likeness (QED) is 0.818. The SMILES string of the molecule is C[C@H](NCC(O)C(F)(F)F)c1ccco1. The molecule has 2 N–H and O–H groups in total. The maximum atomic E-state index is 11.9. The lowest BCUT2D eigenvalue weighted by molar-refractivity contribution is -0.202. The summed E-state index contributed by atoms with van der Waals surface area (Å²) in [5.41, 5.74) is 0. The van der Waals surface area contributed by atoms with Crippen molar-refractivity contribution in [3.05, 3.63) is 24.2 Å². The van der Waals surface area contributed by atoms with Crippen molar-refractivity contribution in [3.63, 3.8) is 0 Å². The van der Waals surface area contributed by atoms with Crippen LogP contribution in [0.5, 0.6) is 0 Å². The highest BCUT2D eigenvalue weighted by atomic mass is 19.4. The molecule has 0 bridgehead atoms. The van der Waals surface area contributed by atoms with E-state index in [1.165, 1.54) is 6.26 Å². The van der Waals surface area contributed by atoms with Gasteiger partial charge < -0.3 is 14.8 Å². The number of aliphatic hydroxyl groups is 1. The maximum Gasteiger partial charge on any atom is 0.415 e. The number of furan rings is 1. The molecule has 0 radical (unpaired) electrons. The predicted octanol–water partition coefficient (Wildman–Crippen LogP) is 1.85. The van der Waals surface area contributed by atoms with Crippen LogP contribution in [0.3, 0.4) is 0 Å². The van der Waals surface area contributed by atoms with Crippen LogP contribution in [-0.4, -0.2) is 23.9 Å². The summed E-state index contributed by atoms with van der Waals surface area (Å²) in [5.74, 6) is 0.532. The van der Waals surface area contributed by atoms with E-state index in [0.29, 0.717) is 5.76 Å². The zero-order valence-corrected chi connectivity index (χ0v) is 8.08. The van der Waals surface area contributed by atoms with Crippen LogP contribution in [0.25, 0.3) is 0 Å². The highest BCUT2D eigenvalue weighted by molar-refractivity contribution is 5.02. The van der Waals surface area contributed by atoms with Gasteiger partial charge in [-0.25, -0.2) is 0 Å². The minimum Gasteiger partial charge on any atom is -0.468 e. The molecule has 3 nitrogen and oxygen atoms in total. The van der Waals surface area contributed by atoms with E-state index in [0.717, 1.165) is 0 Å². The Morgan fingerprint density at radius 3 is 2.67 bits per heavy atom. The first kappa shape index (κ1) is 12.1. The summed E-state index contributed by atoms with van der Waals surface area (Å²) >= 11 is 0. The van der Waals surface area contributed by atoms with Crippen LogP contribution in [0.1, 0.15) is 18.7 Å². The second-order valence-corrected chi connectivity index (χ2v) is 3.20. The summed E-state index contributed by atoms with van der Waals surface area (Å²) in [6.45, 7) is 1.10. The molecule has 0 aliphatic heterocycles. The molecule has 1 unspecified atom stereocenters. The number of hydrogen-bond donors (Lipinski definition) is 2. The van der Waals surface area contributed by atoms with Gasteiger partial charge in [-0.1, -0.05) is 0 Å². The van der Waals surface area contributed by atoms with Crippen molar-refractivity contribution in [3.8, 4) is 0 Å². The lowest BCUT2D eigenvalue weighted by atomic mass is 10.2. The fraction of sp³-hybridized carbons (Fsp3) is 0.556. The molecule has 0 spiro atoms. The van der Waals surface area contributed by atoms with Gasteiger partial charge in [-0.05, 0) is 19.1 Å². The smallest absolute Gasteiger partial charge is 0.415 e. The summed E-state index contributed by atoms with van der Waals surface area (Å²) < 4.78 is 40.8. The zero-order valence-electron chi connectivity index (χ0n) is 8.08. The van der Waals surface area contributed by atoms with Gasteiger partial charge in [-0.2, -0.15) is 13.2 Å². The molecule has 1 rings (SSSR count). The Labute approximate surface area is 84.9 Å². The van der Waals surface area contributed by atoms with Crippen LogP contribution < -0.4 is 5.32 Å². The van der Waals surface area contributed by atoms with Crippen LogP contribution in [0.15, 0.2) is 22.8 Å². The van der Waals surface area contributed by atoms with Crippen LogP contribution in [0.2, 0.25) is 0 Å². The van der Waals surface area contributed by atoms with E-state index >= 15 is 0 Å². The zero-order chi connectivity index (χ0) is 11.5. The van der Waals surface area contributed by atoms with E-state index in [1.54, 1.807) is 19.1 Å². The topological polar surface area (TPSA) is 45.4 Å². The van der Waals surface area contributed by atoms with Crippen LogP contribution in [0, 0.1) is 0 Å². The van der Waals surface area contributed by atoms with Gasteiger partial charge in [0.25, 0.3) is 0 Å². The Balaban J connectivity index is 2.38. The Kier molecular flexibility index (Phi) is 3.76. The molecule has 6 heteroatoms. The molecule has 0 amide bonds. The molecule has 0 fully saturated rings. The Hall–Kier alpha value is -1.01. The fourth-order valence-electron chi connectivity index (χ4n) is 1.04. The van der Waals surface area contributed by atoms with E-state index in [9.17, 15) is 13.2 Å². The molecule has 15 heavy (non-hydrogen) atoms. The maximum absolute atomic E-state index is 11.9. The third-order valence-electron chi connectivity index (χ3n) is 1.97. The summed E-state index contributed by atoms with van der Waals surface area (Å²) in [6, 6.07) is 2.93. The van der Waals surface area contributed by atoms with Crippen molar-refractivity contribution in [1.29, 1.82) is 0 Å². The molecule has 0 aliphatic carbocycles. The molecule has 1 aromatic rings. The van der Waals surface area contributed by atoms with Crippen molar-refractivity contribution < 1.29 is 22.7 Å². The van der Waals surface area contributed by atoms with E-state index < -0.39 is 18.8 Å². The highest BCUT2D eigenvalue weighted by Gasteiger charge is 2.38. The minimum atomic E-state index is -4.59. The molecular formula is C9H12F3NO2. The van der Waals surface area contributed by atoms with E-state index in [4.69, 9.17) is 9.52 Å². The van der Waals surface area contributed by atoms with Crippen molar-refractivity contribution in [2.45, 2.75) is 25.2 Å². The van der Waals surface area contributed by atoms with Crippen LogP contribution in [0.4, 0.5) is 13.2 Å². The minimum absolute atomic E-state index is 0.364. The molecule has 0 saturated carbocycles. The lowest BCUT2D eigenvalue weighted by Crippen LogP contribution is -2.39. The number of rotatable bonds is 4. The van der Waals surface area contributed by atoms with Gasteiger partial charge in [0.05, 0.1) is 12.3 Å². The fourth-order valence-corrected chi connectivity index (χ4v) is 1.04. The predicted molar refractivity (Wildman–Crippen MR) is 47.2 cm³/mol. The molecule has 0 saturated heterocycles. The number of aliphatic hydroxyl groups excluding tert-OH is 1. The second-order valence-electron chi connectivity index (χ2n) is 3.20. The van der Waals surface area contributed by atoms with E-state index in [2.05, 4.69) is 5.32 Å². The molecule has 0 aliphatic rings. The Morgan fingerprint density at radius 2 is 2.20 bits per heavy atom. The second kappa shape index (κ2) is 4.67. The highest BCUT2D eigenvalue weighted by Crippen LogP contribution is 2.20. The number of nitrogens with one attached hydrogen (secondary N) is 1. The van der Waals surface area contributed by atoms with Crippen molar-refractivity contribution in [1.82, 2.24) is 5.32 Å². The number of hydrogen-bond acceptors (Lipinski definition) is 3. The molecule has 0 aromatic carbocycles. The lowest BCUT2D eigenvalue weighted by Gasteiger charge is -2.17. The summed E-state index contributed by atoms with van der Waals surface area (Å²) in [5, 5.41) is 11.2. The average molecular weight is 223 g/mol. The van der Waals surface area contributed by atoms with Crippen LogP contribution >= 0.6 is 0 Å². The van der Waals surface area contributed by atoms with Gasteiger partial charge in [0, 0.05) is 6.54 Å². The van der Waals surface area contributed by atoms with Gasteiger partial charge in [-0.15, -0.1) is 0 Å². The van der Waals surface area contributed by atoms with Gasteiger partial charge >= 0.3 is 6.18 Å². The van der Waals surface area contributed by atoms with Gasteiger partial charge in [0.15, 0.2) is 6.10 Å². The number of halogens is 3. The third kappa shape index (κ3) is 3.56. The van der Waals surface area contributed by atoms with Gasteiger partial charge in [-0.3, -0.25) is 0 Å². The Bertz CT molecular complexity index is 284. The molecule has 1 aromatic heterocycles. The monoisotopic (exact) mass is 223 g/mol.